The number of methoxy groups -OCH3 is 1. The van der Waals surface area contributed by atoms with E-state index in [-0.39, 0.29) is 11.5 Å². The molecule has 5 nitrogen and oxygen atoms in total. The zero-order chi connectivity index (χ0) is 19.2. The Morgan fingerprint density at radius 2 is 1.52 bits per heavy atom. The number of carbonyl (C=O) groups is 2. The maximum Gasteiger partial charge on any atom is 0.255 e. The summed E-state index contributed by atoms with van der Waals surface area (Å²) in [5.41, 5.74) is 1.70. The van der Waals surface area contributed by atoms with Gasteiger partial charge in [0, 0.05) is 16.8 Å². The van der Waals surface area contributed by atoms with Crippen molar-refractivity contribution in [3.05, 3.63) is 89.7 Å². The van der Waals surface area contributed by atoms with Crippen LogP contribution in [0.25, 0.3) is 0 Å². The summed E-state index contributed by atoms with van der Waals surface area (Å²) in [7, 11) is 1.53. The van der Waals surface area contributed by atoms with E-state index < -0.39 is 11.7 Å². The lowest BCUT2D eigenvalue weighted by molar-refractivity contribution is 0.101. The average Bonchev–Trinajstić information content (AvgIpc) is 2.69. The van der Waals surface area contributed by atoms with E-state index in [0.717, 1.165) is 6.07 Å². The van der Waals surface area contributed by atoms with Crippen LogP contribution in [0.1, 0.15) is 20.7 Å². The molecule has 3 aromatic rings. The Morgan fingerprint density at radius 1 is 0.815 bits per heavy atom. The van der Waals surface area contributed by atoms with Gasteiger partial charge in [0.15, 0.2) is 0 Å². The first kappa shape index (κ1) is 18.1. The first-order valence-electron chi connectivity index (χ1n) is 8.18. The number of hydrogen-bond donors (Lipinski definition) is 2. The van der Waals surface area contributed by atoms with Gasteiger partial charge in [-0.25, -0.2) is 4.39 Å². The third-order valence-corrected chi connectivity index (χ3v) is 3.85. The summed E-state index contributed by atoms with van der Waals surface area (Å²) in [6, 6.07) is 18.9. The van der Waals surface area contributed by atoms with Crippen LogP contribution in [-0.4, -0.2) is 18.9 Å². The highest BCUT2D eigenvalue weighted by atomic mass is 19.1. The summed E-state index contributed by atoms with van der Waals surface area (Å²) in [5.74, 6) is -0.654. The number of hydrogen-bond acceptors (Lipinski definition) is 3. The highest BCUT2D eigenvalue weighted by molar-refractivity contribution is 6.06. The molecule has 0 aliphatic rings. The van der Waals surface area contributed by atoms with Gasteiger partial charge in [0.2, 0.25) is 0 Å². The highest BCUT2D eigenvalue weighted by Gasteiger charge is 2.11. The molecule has 0 radical (unpaired) electrons. The Kier molecular flexibility index (Phi) is 5.47. The van der Waals surface area contributed by atoms with Crippen molar-refractivity contribution in [1.82, 2.24) is 0 Å². The van der Waals surface area contributed by atoms with E-state index in [1.54, 1.807) is 42.5 Å². The lowest BCUT2D eigenvalue weighted by Crippen LogP contribution is -2.14. The van der Waals surface area contributed by atoms with Gasteiger partial charge in [0.1, 0.15) is 11.6 Å². The largest absolute Gasteiger partial charge is 0.495 e. The standard InChI is InChI=1S/C21H17FN2O3/c1-27-19-8-3-2-7-18(19)24-20(25)14-9-11-17(12-10-14)23-21(26)15-5-4-6-16(22)13-15/h2-13H,1H3,(H,23,26)(H,24,25). The van der Waals surface area contributed by atoms with Crippen molar-refractivity contribution in [1.29, 1.82) is 0 Å². The summed E-state index contributed by atoms with van der Waals surface area (Å²) in [4.78, 5) is 24.5. The molecular formula is C21H17FN2O3. The quantitative estimate of drug-likeness (QED) is 0.708. The zero-order valence-electron chi connectivity index (χ0n) is 14.5. The van der Waals surface area contributed by atoms with Crippen LogP contribution >= 0.6 is 0 Å². The fraction of sp³-hybridized carbons (Fsp3) is 0.0476. The molecule has 2 N–H and O–H groups in total. The monoisotopic (exact) mass is 364 g/mol. The Labute approximate surface area is 155 Å². The third-order valence-electron chi connectivity index (χ3n) is 3.85. The van der Waals surface area contributed by atoms with Crippen molar-refractivity contribution >= 4 is 23.2 Å². The highest BCUT2D eigenvalue weighted by Crippen LogP contribution is 2.24. The van der Waals surface area contributed by atoms with Crippen molar-refractivity contribution in [3.63, 3.8) is 0 Å². The number of halogens is 1. The third kappa shape index (κ3) is 4.49. The number of ether oxygens (including phenoxy) is 1. The summed E-state index contributed by atoms with van der Waals surface area (Å²) in [5, 5.41) is 5.44. The van der Waals surface area contributed by atoms with Crippen LogP contribution in [0.4, 0.5) is 15.8 Å². The molecule has 6 heteroatoms. The van der Waals surface area contributed by atoms with Crippen LogP contribution in [-0.2, 0) is 0 Å². The molecule has 0 atom stereocenters. The van der Waals surface area contributed by atoms with E-state index in [0.29, 0.717) is 22.7 Å². The van der Waals surface area contributed by atoms with E-state index in [9.17, 15) is 14.0 Å². The van der Waals surface area contributed by atoms with Crippen LogP contribution in [0.3, 0.4) is 0 Å². The molecule has 0 aliphatic heterocycles. The maximum absolute atomic E-state index is 13.2. The maximum atomic E-state index is 13.2. The minimum absolute atomic E-state index is 0.216. The summed E-state index contributed by atoms with van der Waals surface area (Å²) >= 11 is 0. The topological polar surface area (TPSA) is 67.4 Å². The van der Waals surface area contributed by atoms with Crippen LogP contribution in [0.2, 0.25) is 0 Å². The van der Waals surface area contributed by atoms with Crippen molar-refractivity contribution in [3.8, 4) is 5.75 Å². The molecule has 0 heterocycles. The zero-order valence-corrected chi connectivity index (χ0v) is 14.5. The van der Waals surface area contributed by atoms with Crippen molar-refractivity contribution in [2.45, 2.75) is 0 Å². The molecule has 0 fully saturated rings. The van der Waals surface area contributed by atoms with Crippen LogP contribution < -0.4 is 15.4 Å². The van der Waals surface area contributed by atoms with E-state index in [2.05, 4.69) is 10.6 Å². The van der Waals surface area contributed by atoms with Gasteiger partial charge in [-0.05, 0) is 54.6 Å². The SMILES string of the molecule is COc1ccccc1NC(=O)c1ccc(NC(=O)c2cccc(F)c2)cc1. The average molecular weight is 364 g/mol. The fourth-order valence-corrected chi connectivity index (χ4v) is 2.48. The predicted molar refractivity (Wildman–Crippen MR) is 102 cm³/mol. The Morgan fingerprint density at radius 3 is 2.22 bits per heavy atom. The number of anilines is 2. The first-order valence-corrected chi connectivity index (χ1v) is 8.18. The van der Waals surface area contributed by atoms with Gasteiger partial charge >= 0.3 is 0 Å². The minimum Gasteiger partial charge on any atom is -0.495 e. The smallest absolute Gasteiger partial charge is 0.255 e. The van der Waals surface area contributed by atoms with Crippen LogP contribution in [0.15, 0.2) is 72.8 Å². The lowest BCUT2D eigenvalue weighted by atomic mass is 10.1. The first-order chi connectivity index (χ1) is 13.1. The van der Waals surface area contributed by atoms with E-state index in [4.69, 9.17) is 4.74 Å². The number of amides is 2. The normalized spacial score (nSPS) is 10.1. The number of rotatable bonds is 5. The Hall–Kier alpha value is -3.67. The molecule has 0 unspecified atom stereocenters. The van der Waals surface area contributed by atoms with Crippen molar-refractivity contribution in [2.75, 3.05) is 17.7 Å². The number of benzene rings is 3. The van der Waals surface area contributed by atoms with Gasteiger partial charge in [-0.15, -0.1) is 0 Å². The number of carbonyl (C=O) groups excluding carboxylic acids is 2. The molecule has 3 rings (SSSR count). The van der Waals surface area contributed by atoms with Gasteiger partial charge in [-0.1, -0.05) is 18.2 Å². The van der Waals surface area contributed by atoms with Gasteiger partial charge in [-0.2, -0.15) is 0 Å². The molecule has 27 heavy (non-hydrogen) atoms. The molecule has 0 spiro atoms. The van der Waals surface area contributed by atoms with Crippen molar-refractivity contribution < 1.29 is 18.7 Å². The second kappa shape index (κ2) is 8.14. The molecule has 0 aromatic heterocycles. The molecule has 0 saturated carbocycles. The molecule has 136 valence electrons. The second-order valence-corrected chi connectivity index (χ2v) is 5.70. The number of para-hydroxylation sites is 2. The van der Waals surface area contributed by atoms with Crippen LogP contribution in [0, 0.1) is 5.82 Å². The summed E-state index contributed by atoms with van der Waals surface area (Å²) in [6.45, 7) is 0. The lowest BCUT2D eigenvalue weighted by Gasteiger charge is -2.10. The molecule has 0 bridgehead atoms. The minimum atomic E-state index is -0.481. The molecule has 3 aromatic carbocycles. The Bertz CT molecular complexity index is 971. The summed E-state index contributed by atoms with van der Waals surface area (Å²) in [6.07, 6.45) is 0. The van der Waals surface area contributed by atoms with Crippen LogP contribution in [0.5, 0.6) is 5.75 Å². The molecule has 0 aliphatic carbocycles. The van der Waals surface area contributed by atoms with Crippen molar-refractivity contribution in [2.24, 2.45) is 0 Å². The van der Waals surface area contributed by atoms with Gasteiger partial charge in [-0.3, -0.25) is 9.59 Å². The van der Waals surface area contributed by atoms with E-state index in [1.807, 2.05) is 6.07 Å². The van der Waals surface area contributed by atoms with E-state index in [1.165, 1.54) is 25.3 Å². The fourth-order valence-electron chi connectivity index (χ4n) is 2.48. The van der Waals surface area contributed by atoms with E-state index >= 15 is 0 Å². The summed E-state index contributed by atoms with van der Waals surface area (Å²) < 4.78 is 18.4. The van der Waals surface area contributed by atoms with Gasteiger partial charge in [0.25, 0.3) is 11.8 Å². The Balaban J connectivity index is 1.68. The molecule has 2 amide bonds. The molecule has 0 saturated heterocycles. The molecular weight excluding hydrogens is 347 g/mol. The van der Waals surface area contributed by atoms with Gasteiger partial charge < -0.3 is 15.4 Å². The predicted octanol–water partition coefficient (Wildman–Crippen LogP) is 4.34. The van der Waals surface area contributed by atoms with Gasteiger partial charge in [0.05, 0.1) is 12.8 Å². The second-order valence-electron chi connectivity index (χ2n) is 5.70. The number of nitrogens with one attached hydrogen (secondary N) is 2.